The van der Waals surface area contributed by atoms with Gasteiger partial charge in [0, 0.05) is 11.9 Å². The van der Waals surface area contributed by atoms with Crippen molar-refractivity contribution >= 4 is 12.6 Å². The van der Waals surface area contributed by atoms with Crippen molar-refractivity contribution in [1.82, 2.24) is 4.98 Å². The van der Waals surface area contributed by atoms with E-state index in [1.54, 1.807) is 0 Å². The van der Waals surface area contributed by atoms with Crippen LogP contribution in [0.25, 0.3) is 0 Å². The van der Waals surface area contributed by atoms with Crippen LogP contribution in [0, 0.1) is 0 Å². The zero-order chi connectivity index (χ0) is 20.6. The average Bonchev–Trinajstić information content (AvgIpc) is 2.67. The SMILES string of the molecule is CC(C)(C)c1ccc(C([S-])(c2ccc(C(C)(C)C)cc2)c2ccccn2)cc1.[Li+]. The Morgan fingerprint density at radius 2 is 0.966 bits per heavy atom. The molecule has 29 heavy (non-hydrogen) atoms. The molecule has 0 bridgehead atoms. The van der Waals surface area contributed by atoms with Crippen molar-refractivity contribution in [2.45, 2.75) is 57.1 Å². The van der Waals surface area contributed by atoms with E-state index >= 15 is 0 Å². The number of pyridine rings is 1. The Kier molecular flexibility index (Phi) is 7.16. The van der Waals surface area contributed by atoms with Crippen molar-refractivity contribution in [3.05, 3.63) is 101 Å². The summed E-state index contributed by atoms with van der Waals surface area (Å²) < 4.78 is -0.714. The largest absolute Gasteiger partial charge is 1.00 e. The van der Waals surface area contributed by atoms with Gasteiger partial charge in [0.05, 0.1) is 0 Å². The molecule has 0 fully saturated rings. The average molecular weight is 396 g/mol. The van der Waals surface area contributed by atoms with E-state index in [9.17, 15) is 0 Å². The Bertz CT molecular complexity index is 860. The van der Waals surface area contributed by atoms with Crippen molar-refractivity contribution in [1.29, 1.82) is 0 Å². The molecule has 0 atom stereocenters. The standard InChI is InChI=1S/C26H31NS.Li/c1-24(2,3)19-10-14-21(15-11-19)26(28,23-9-7-8-18-27-23)22-16-12-20(13-17-22)25(4,5)6;/h7-18,28H,1-6H3;/q;+1/p-1. The van der Waals surface area contributed by atoms with Crippen LogP contribution in [-0.2, 0) is 28.2 Å². The molecule has 0 amide bonds. The molecule has 0 spiro atoms. The number of nitrogens with zero attached hydrogens (tertiary/aromatic N) is 1. The van der Waals surface area contributed by atoms with E-state index in [4.69, 9.17) is 12.6 Å². The van der Waals surface area contributed by atoms with Gasteiger partial charge in [-0.05, 0) is 34.1 Å². The van der Waals surface area contributed by atoms with Gasteiger partial charge in [-0.25, -0.2) is 0 Å². The number of hydrogen-bond donors (Lipinski definition) is 0. The molecule has 146 valence electrons. The molecular formula is C26H30LiNS. The normalized spacial score (nSPS) is 12.4. The first kappa shape index (κ1) is 23.8. The predicted octanol–water partition coefficient (Wildman–Crippen LogP) is 3.52. The van der Waals surface area contributed by atoms with Gasteiger partial charge in [0.15, 0.2) is 0 Å². The topological polar surface area (TPSA) is 12.9 Å². The fourth-order valence-electron chi connectivity index (χ4n) is 3.44. The minimum absolute atomic E-state index is 0. The minimum Gasteiger partial charge on any atom is -0.770 e. The molecule has 0 aliphatic heterocycles. The van der Waals surface area contributed by atoms with E-state index < -0.39 is 4.75 Å². The van der Waals surface area contributed by atoms with Crippen molar-refractivity contribution in [3.63, 3.8) is 0 Å². The van der Waals surface area contributed by atoms with Gasteiger partial charge in [0.1, 0.15) is 0 Å². The quantitative estimate of drug-likeness (QED) is 0.497. The van der Waals surface area contributed by atoms with Crippen LogP contribution < -0.4 is 18.9 Å². The third kappa shape index (κ3) is 5.00. The molecular weight excluding hydrogens is 365 g/mol. The summed E-state index contributed by atoms with van der Waals surface area (Å²) >= 11 is 6.31. The predicted molar refractivity (Wildman–Crippen MR) is 122 cm³/mol. The Labute approximate surface area is 194 Å². The van der Waals surface area contributed by atoms with Crippen LogP contribution in [0.1, 0.15) is 69.5 Å². The minimum atomic E-state index is -0.714. The fraction of sp³-hybridized carbons (Fsp3) is 0.346. The van der Waals surface area contributed by atoms with Crippen molar-refractivity contribution in [2.75, 3.05) is 0 Å². The molecule has 1 heterocycles. The Balaban J connectivity index is 0.00000300. The van der Waals surface area contributed by atoms with Gasteiger partial charge < -0.3 is 12.6 Å². The van der Waals surface area contributed by atoms with Gasteiger partial charge in [-0.15, -0.1) is 0 Å². The van der Waals surface area contributed by atoms with Crippen LogP contribution in [0.15, 0.2) is 72.9 Å². The second-order valence-electron chi connectivity index (χ2n) is 9.55. The third-order valence-corrected chi connectivity index (χ3v) is 6.02. The molecule has 0 unspecified atom stereocenters. The summed E-state index contributed by atoms with van der Waals surface area (Å²) in [6, 6.07) is 23.4. The second kappa shape index (κ2) is 8.72. The smallest absolute Gasteiger partial charge is 0.770 e. The summed E-state index contributed by atoms with van der Waals surface area (Å²) in [6.45, 7) is 13.4. The first-order chi connectivity index (χ1) is 13.0. The Morgan fingerprint density at radius 3 is 1.28 bits per heavy atom. The second-order valence-corrected chi connectivity index (χ2v) is 10.2. The maximum atomic E-state index is 6.31. The third-order valence-electron chi connectivity index (χ3n) is 5.34. The van der Waals surface area contributed by atoms with Crippen LogP contribution in [0.2, 0.25) is 0 Å². The van der Waals surface area contributed by atoms with Crippen LogP contribution in [0.3, 0.4) is 0 Å². The zero-order valence-electron chi connectivity index (χ0n) is 18.8. The molecule has 0 saturated carbocycles. The molecule has 0 N–H and O–H groups in total. The summed E-state index contributed by atoms with van der Waals surface area (Å²) in [5, 5.41) is 0. The van der Waals surface area contributed by atoms with Gasteiger partial charge in [0.2, 0.25) is 0 Å². The molecule has 0 radical (unpaired) electrons. The maximum Gasteiger partial charge on any atom is 1.00 e. The van der Waals surface area contributed by atoms with E-state index in [1.807, 2.05) is 24.4 Å². The molecule has 3 heteroatoms. The first-order valence-corrected chi connectivity index (χ1v) is 10.3. The van der Waals surface area contributed by atoms with Gasteiger partial charge in [-0.1, -0.05) is 112 Å². The Hall–Kier alpha value is -1.46. The van der Waals surface area contributed by atoms with Gasteiger partial charge in [0.25, 0.3) is 0 Å². The zero-order valence-corrected chi connectivity index (χ0v) is 19.6. The molecule has 3 rings (SSSR count). The van der Waals surface area contributed by atoms with Crippen LogP contribution in [0.5, 0.6) is 0 Å². The summed E-state index contributed by atoms with van der Waals surface area (Å²) in [5.74, 6) is 0. The molecule has 1 nitrogen and oxygen atoms in total. The van der Waals surface area contributed by atoms with E-state index in [1.165, 1.54) is 11.1 Å². The molecule has 3 aromatic rings. The number of aromatic nitrogens is 1. The van der Waals surface area contributed by atoms with E-state index in [0.717, 1.165) is 16.8 Å². The van der Waals surface area contributed by atoms with Crippen LogP contribution >= 0.6 is 0 Å². The van der Waals surface area contributed by atoms with Crippen molar-refractivity contribution < 1.29 is 18.9 Å². The molecule has 0 aliphatic carbocycles. The molecule has 0 saturated heterocycles. The van der Waals surface area contributed by atoms with Crippen molar-refractivity contribution in [3.8, 4) is 0 Å². The van der Waals surface area contributed by atoms with Crippen LogP contribution in [-0.4, -0.2) is 4.98 Å². The van der Waals surface area contributed by atoms with E-state index in [0.29, 0.717) is 0 Å². The van der Waals surface area contributed by atoms with Gasteiger partial charge in [-0.3, -0.25) is 4.98 Å². The summed E-state index contributed by atoms with van der Waals surface area (Å²) in [7, 11) is 0. The summed E-state index contributed by atoms with van der Waals surface area (Å²) in [4.78, 5) is 4.64. The number of benzene rings is 2. The van der Waals surface area contributed by atoms with Gasteiger partial charge >= 0.3 is 18.9 Å². The Morgan fingerprint density at radius 1 is 0.586 bits per heavy atom. The van der Waals surface area contributed by atoms with E-state index in [2.05, 4.69) is 95.1 Å². The number of rotatable bonds is 3. The summed E-state index contributed by atoms with van der Waals surface area (Å²) in [6.07, 6.45) is 1.82. The fourth-order valence-corrected chi connectivity index (χ4v) is 3.84. The van der Waals surface area contributed by atoms with Gasteiger partial charge in [-0.2, -0.15) is 0 Å². The summed E-state index contributed by atoms with van der Waals surface area (Å²) in [5.41, 5.74) is 5.88. The molecule has 1 aromatic heterocycles. The number of hydrogen-bond acceptors (Lipinski definition) is 2. The van der Waals surface area contributed by atoms with E-state index in [-0.39, 0.29) is 29.7 Å². The van der Waals surface area contributed by atoms with Crippen LogP contribution in [0.4, 0.5) is 0 Å². The van der Waals surface area contributed by atoms with Crippen molar-refractivity contribution in [2.24, 2.45) is 0 Å². The maximum absolute atomic E-state index is 6.31. The monoisotopic (exact) mass is 395 g/mol. The molecule has 2 aromatic carbocycles. The molecule has 0 aliphatic rings. The first-order valence-electron chi connectivity index (χ1n) is 9.87.